The summed E-state index contributed by atoms with van der Waals surface area (Å²) in [5, 5.41) is -0.574. The predicted octanol–water partition coefficient (Wildman–Crippen LogP) is 3.19. The molecule has 19 heavy (non-hydrogen) atoms. The maximum absolute atomic E-state index is 12.2. The number of hydrogen-bond donors (Lipinski definition) is 0. The van der Waals surface area contributed by atoms with Crippen LogP contribution in [0.5, 0.6) is 0 Å². The second kappa shape index (κ2) is 5.78. The second-order valence-electron chi connectivity index (χ2n) is 4.82. The first-order chi connectivity index (χ1) is 9.04. The number of aryl methyl sites for hydroxylation is 1. The number of Topliss-reactive ketones (excluding diaryl/α,β-unsaturated/α-hetero) is 1. The number of ketones is 1. The number of carbonyl (C=O) groups excluding carboxylic acids is 1. The molecule has 2 rings (SSSR count). The minimum atomic E-state index is -0.574. The Balaban J connectivity index is 2.45. The molecule has 0 aromatic heterocycles. The van der Waals surface area contributed by atoms with E-state index >= 15 is 0 Å². The van der Waals surface area contributed by atoms with Gasteiger partial charge in [0.25, 0.3) is 0 Å². The zero-order valence-corrected chi connectivity index (χ0v) is 13.0. The molecule has 0 spiro atoms. The zero-order valence-electron chi connectivity index (χ0n) is 11.4. The highest BCUT2D eigenvalue weighted by Gasteiger charge is 2.35. The lowest BCUT2D eigenvalue weighted by Gasteiger charge is -2.15. The van der Waals surface area contributed by atoms with Gasteiger partial charge in [0.05, 0.1) is 5.57 Å². The van der Waals surface area contributed by atoms with E-state index in [0.29, 0.717) is 11.5 Å². The Bertz CT molecular complexity index is 523. The molecule has 0 N–H and O–H groups in total. The van der Waals surface area contributed by atoms with Gasteiger partial charge in [-0.15, -0.1) is 0 Å². The fourth-order valence-corrected chi connectivity index (χ4v) is 2.60. The quantitative estimate of drug-likeness (QED) is 0.797. The van der Waals surface area contributed by atoms with Crippen LogP contribution in [0.25, 0.3) is 5.57 Å². The number of benzene rings is 1. The molecule has 4 heteroatoms. The number of rotatable bonds is 4. The topological polar surface area (TPSA) is 29.5 Å². The highest BCUT2D eigenvalue weighted by molar-refractivity contribution is 9.09. The lowest BCUT2D eigenvalue weighted by atomic mass is 9.99. The van der Waals surface area contributed by atoms with Crippen molar-refractivity contribution in [2.75, 3.05) is 14.1 Å². The summed E-state index contributed by atoms with van der Waals surface area (Å²) in [5.74, 6) is 0.609. The molecule has 0 saturated heterocycles. The first kappa shape index (κ1) is 14.1. The maximum atomic E-state index is 12.2. The van der Waals surface area contributed by atoms with E-state index in [4.69, 9.17) is 4.74 Å². The van der Waals surface area contributed by atoms with E-state index in [0.717, 1.165) is 18.4 Å². The summed E-state index contributed by atoms with van der Waals surface area (Å²) >= 11 is 3.26. The highest BCUT2D eigenvalue weighted by atomic mass is 79.9. The minimum Gasteiger partial charge on any atom is -0.455 e. The van der Waals surface area contributed by atoms with E-state index in [-0.39, 0.29) is 5.78 Å². The average Bonchev–Trinajstić information content (AvgIpc) is 2.67. The monoisotopic (exact) mass is 323 g/mol. The van der Waals surface area contributed by atoms with E-state index in [2.05, 4.69) is 35.0 Å². The lowest BCUT2D eigenvalue weighted by Crippen LogP contribution is -2.13. The third-order valence-corrected chi connectivity index (χ3v) is 3.64. The van der Waals surface area contributed by atoms with Crippen LogP contribution >= 0.6 is 15.9 Å². The van der Waals surface area contributed by atoms with Crippen LogP contribution in [0.4, 0.5) is 0 Å². The van der Waals surface area contributed by atoms with Crippen molar-refractivity contribution in [1.82, 2.24) is 4.90 Å². The molecule has 1 heterocycles. The van der Waals surface area contributed by atoms with Crippen LogP contribution in [-0.2, 0) is 16.0 Å². The summed E-state index contributed by atoms with van der Waals surface area (Å²) in [6, 6.07) is 8.13. The van der Waals surface area contributed by atoms with Crippen LogP contribution in [0.2, 0.25) is 0 Å². The van der Waals surface area contributed by atoms with Gasteiger partial charge >= 0.3 is 0 Å². The molecule has 3 nitrogen and oxygen atoms in total. The van der Waals surface area contributed by atoms with Crippen molar-refractivity contribution in [2.45, 2.75) is 24.8 Å². The van der Waals surface area contributed by atoms with Gasteiger partial charge in [-0.05, 0) is 33.5 Å². The summed E-state index contributed by atoms with van der Waals surface area (Å²) in [5.41, 5.74) is 2.84. The van der Waals surface area contributed by atoms with Crippen LogP contribution in [0.1, 0.15) is 24.5 Å². The van der Waals surface area contributed by atoms with Crippen LogP contribution < -0.4 is 0 Å². The van der Waals surface area contributed by atoms with Gasteiger partial charge in [-0.3, -0.25) is 4.79 Å². The molecule has 1 atom stereocenters. The molecule has 1 aromatic carbocycles. The van der Waals surface area contributed by atoms with Crippen LogP contribution in [0.3, 0.4) is 0 Å². The average molecular weight is 324 g/mol. The highest BCUT2D eigenvalue weighted by Crippen LogP contribution is 2.33. The third kappa shape index (κ3) is 2.84. The van der Waals surface area contributed by atoms with Crippen molar-refractivity contribution in [3.63, 3.8) is 0 Å². The van der Waals surface area contributed by atoms with Gasteiger partial charge in [0.1, 0.15) is 0 Å². The van der Waals surface area contributed by atoms with Gasteiger partial charge in [0, 0.05) is 14.1 Å². The number of ether oxygens (including phenoxy) is 1. The Labute approximate surface area is 122 Å². The van der Waals surface area contributed by atoms with Crippen molar-refractivity contribution in [3.05, 3.63) is 41.3 Å². The van der Waals surface area contributed by atoms with Crippen molar-refractivity contribution in [2.24, 2.45) is 0 Å². The summed E-state index contributed by atoms with van der Waals surface area (Å²) < 4.78 is 5.57. The number of nitrogens with zero attached hydrogens (tertiary/aromatic N) is 1. The molecular formula is C15H18BrNO2. The van der Waals surface area contributed by atoms with Crippen LogP contribution in [0, 0.1) is 0 Å². The lowest BCUT2D eigenvalue weighted by molar-refractivity contribution is -0.116. The molecule has 0 aliphatic carbocycles. The SMILES string of the molecule is CCCc1cccc(C2=C(N(C)C)OC(Br)C2=O)c1. The zero-order chi connectivity index (χ0) is 14.0. The molecule has 0 amide bonds. The third-order valence-electron chi connectivity index (χ3n) is 3.04. The van der Waals surface area contributed by atoms with Crippen molar-refractivity contribution in [1.29, 1.82) is 0 Å². The fourth-order valence-electron chi connectivity index (χ4n) is 2.20. The Morgan fingerprint density at radius 2 is 2.11 bits per heavy atom. The van der Waals surface area contributed by atoms with Gasteiger partial charge in [-0.1, -0.05) is 37.6 Å². The first-order valence-corrected chi connectivity index (χ1v) is 7.32. The number of alkyl halides is 1. The van der Waals surface area contributed by atoms with Gasteiger partial charge in [0.15, 0.2) is 0 Å². The molecule has 0 bridgehead atoms. The van der Waals surface area contributed by atoms with Crippen molar-refractivity contribution < 1.29 is 9.53 Å². The molecule has 1 aliphatic rings. The predicted molar refractivity (Wildman–Crippen MR) is 79.9 cm³/mol. The standard InChI is InChI=1S/C15H18BrNO2/c1-4-6-10-7-5-8-11(9-10)12-13(18)14(16)19-15(12)17(2)3/h5,7-9,14H,4,6H2,1-3H3. The molecule has 102 valence electrons. The second-order valence-corrected chi connectivity index (χ2v) is 5.65. The molecular weight excluding hydrogens is 306 g/mol. The normalized spacial score (nSPS) is 18.7. The van der Waals surface area contributed by atoms with Gasteiger partial charge in [-0.2, -0.15) is 0 Å². The Kier molecular flexibility index (Phi) is 4.30. The van der Waals surface area contributed by atoms with Gasteiger partial charge < -0.3 is 9.64 Å². The molecule has 1 unspecified atom stereocenters. The van der Waals surface area contributed by atoms with Crippen LogP contribution in [0.15, 0.2) is 30.1 Å². The Morgan fingerprint density at radius 3 is 2.74 bits per heavy atom. The van der Waals surface area contributed by atoms with Crippen LogP contribution in [-0.4, -0.2) is 29.8 Å². The smallest absolute Gasteiger partial charge is 0.220 e. The number of carbonyl (C=O) groups is 1. The van der Waals surface area contributed by atoms with Gasteiger partial charge in [0.2, 0.25) is 16.7 Å². The molecule has 0 radical (unpaired) electrons. The maximum Gasteiger partial charge on any atom is 0.220 e. The first-order valence-electron chi connectivity index (χ1n) is 6.40. The summed E-state index contributed by atoms with van der Waals surface area (Å²) in [6.45, 7) is 2.15. The van der Waals surface area contributed by atoms with E-state index in [1.165, 1.54) is 5.56 Å². The molecule has 1 aromatic rings. The minimum absolute atomic E-state index is 0.0163. The van der Waals surface area contributed by atoms with Crippen molar-refractivity contribution >= 4 is 27.3 Å². The molecule has 1 aliphatic heterocycles. The van der Waals surface area contributed by atoms with Gasteiger partial charge in [-0.25, -0.2) is 0 Å². The van der Waals surface area contributed by atoms with E-state index in [1.807, 2.05) is 31.1 Å². The molecule has 0 fully saturated rings. The summed E-state index contributed by atoms with van der Waals surface area (Å²) in [6.07, 6.45) is 2.11. The largest absolute Gasteiger partial charge is 0.455 e. The summed E-state index contributed by atoms with van der Waals surface area (Å²) in [7, 11) is 3.76. The van der Waals surface area contributed by atoms with E-state index in [1.54, 1.807) is 0 Å². The Morgan fingerprint density at radius 1 is 1.37 bits per heavy atom. The number of halogens is 1. The van der Waals surface area contributed by atoms with E-state index < -0.39 is 5.01 Å². The van der Waals surface area contributed by atoms with Crippen molar-refractivity contribution in [3.8, 4) is 0 Å². The van der Waals surface area contributed by atoms with E-state index in [9.17, 15) is 4.79 Å². The fraction of sp³-hybridized carbons (Fsp3) is 0.400. The number of hydrogen-bond acceptors (Lipinski definition) is 3. The molecule has 0 saturated carbocycles. The summed E-state index contributed by atoms with van der Waals surface area (Å²) in [4.78, 5) is 14.1. The Hall–Kier alpha value is -1.29.